The largest absolute Gasteiger partial charge is 0.388 e. The number of nitrogens with one attached hydrogen (secondary N) is 1. The van der Waals surface area contributed by atoms with Gasteiger partial charge in [-0.05, 0) is 49.3 Å². The van der Waals surface area contributed by atoms with Crippen molar-refractivity contribution in [3.63, 3.8) is 0 Å². The molecule has 2 rings (SSSR count). The number of benzene rings is 1. The summed E-state index contributed by atoms with van der Waals surface area (Å²) in [5.74, 6) is 0. The van der Waals surface area contributed by atoms with Gasteiger partial charge in [0.15, 0.2) is 0 Å². The van der Waals surface area contributed by atoms with Crippen molar-refractivity contribution in [2.45, 2.75) is 45.1 Å². The molecule has 3 nitrogen and oxygen atoms in total. The van der Waals surface area contributed by atoms with Crippen LogP contribution in [0.1, 0.15) is 45.1 Å². The fourth-order valence-corrected chi connectivity index (χ4v) is 2.76. The number of nitriles is 1. The predicted octanol–water partition coefficient (Wildman–Crippen LogP) is 3.95. The first-order valence-electron chi connectivity index (χ1n) is 7.00. The van der Waals surface area contributed by atoms with Crippen LogP contribution >= 0.6 is 11.6 Å². The van der Waals surface area contributed by atoms with Crippen LogP contribution in [0.5, 0.6) is 0 Å². The summed E-state index contributed by atoms with van der Waals surface area (Å²) in [7, 11) is 0. The molecule has 0 heterocycles. The van der Waals surface area contributed by atoms with E-state index in [1.807, 2.05) is 0 Å². The third-order valence-electron chi connectivity index (χ3n) is 4.24. The predicted molar refractivity (Wildman–Crippen MR) is 81.9 cm³/mol. The highest BCUT2D eigenvalue weighted by Crippen LogP contribution is 2.40. The Labute approximate surface area is 125 Å². The van der Waals surface area contributed by atoms with E-state index in [0.29, 0.717) is 22.5 Å². The quantitative estimate of drug-likeness (QED) is 0.887. The third kappa shape index (κ3) is 3.65. The van der Waals surface area contributed by atoms with Gasteiger partial charge in [0.25, 0.3) is 0 Å². The maximum absolute atomic E-state index is 10.6. The topological polar surface area (TPSA) is 56.0 Å². The Morgan fingerprint density at radius 2 is 1.95 bits per heavy atom. The average Bonchev–Trinajstić information content (AvgIpc) is 2.41. The number of nitrogens with zero attached hydrogens (tertiary/aromatic N) is 1. The van der Waals surface area contributed by atoms with E-state index in [-0.39, 0.29) is 0 Å². The second-order valence-corrected chi connectivity index (χ2v) is 6.98. The van der Waals surface area contributed by atoms with E-state index >= 15 is 0 Å². The van der Waals surface area contributed by atoms with Crippen molar-refractivity contribution in [2.75, 3.05) is 11.9 Å². The van der Waals surface area contributed by atoms with E-state index in [4.69, 9.17) is 16.9 Å². The summed E-state index contributed by atoms with van der Waals surface area (Å²) >= 11 is 5.87. The van der Waals surface area contributed by atoms with Crippen LogP contribution in [-0.2, 0) is 0 Å². The zero-order chi connectivity index (χ0) is 14.8. The fraction of sp³-hybridized carbons (Fsp3) is 0.562. The van der Waals surface area contributed by atoms with Crippen LogP contribution in [0.15, 0.2) is 18.2 Å². The molecule has 0 aliphatic heterocycles. The molecule has 0 aromatic heterocycles. The van der Waals surface area contributed by atoms with Gasteiger partial charge < -0.3 is 10.4 Å². The van der Waals surface area contributed by atoms with Gasteiger partial charge in [-0.3, -0.25) is 0 Å². The molecule has 0 amide bonds. The van der Waals surface area contributed by atoms with Crippen molar-refractivity contribution in [3.05, 3.63) is 28.8 Å². The van der Waals surface area contributed by atoms with Gasteiger partial charge in [0.2, 0.25) is 0 Å². The summed E-state index contributed by atoms with van der Waals surface area (Å²) in [4.78, 5) is 0. The lowest BCUT2D eigenvalue weighted by Gasteiger charge is -2.40. The molecular formula is C16H21ClN2O. The van der Waals surface area contributed by atoms with E-state index < -0.39 is 5.60 Å². The van der Waals surface area contributed by atoms with E-state index in [1.165, 1.54) is 0 Å². The Morgan fingerprint density at radius 3 is 2.55 bits per heavy atom. The smallest absolute Gasteiger partial charge is 0.101 e. The van der Waals surface area contributed by atoms with Crippen molar-refractivity contribution in [1.29, 1.82) is 5.26 Å². The SMILES string of the molecule is CC1(C)CCC(O)(CNc2ccc(Cl)cc2C#N)CC1. The van der Waals surface area contributed by atoms with Gasteiger partial charge >= 0.3 is 0 Å². The molecule has 0 radical (unpaired) electrons. The highest BCUT2D eigenvalue weighted by atomic mass is 35.5. The summed E-state index contributed by atoms with van der Waals surface area (Å²) in [5.41, 5.74) is 0.888. The second-order valence-electron chi connectivity index (χ2n) is 6.54. The first-order valence-corrected chi connectivity index (χ1v) is 7.37. The van der Waals surface area contributed by atoms with Crippen LogP contribution in [0.2, 0.25) is 5.02 Å². The zero-order valence-corrected chi connectivity index (χ0v) is 12.8. The van der Waals surface area contributed by atoms with Crippen molar-refractivity contribution in [3.8, 4) is 6.07 Å². The van der Waals surface area contributed by atoms with Crippen LogP contribution in [0.3, 0.4) is 0 Å². The van der Waals surface area contributed by atoms with Crippen LogP contribution < -0.4 is 5.32 Å². The molecule has 1 aromatic carbocycles. The number of halogens is 1. The van der Waals surface area contributed by atoms with Crippen LogP contribution in [0.4, 0.5) is 5.69 Å². The molecule has 20 heavy (non-hydrogen) atoms. The standard InChI is InChI=1S/C16H21ClN2O/c1-15(2)5-7-16(20,8-6-15)11-19-14-4-3-13(17)9-12(14)10-18/h3-4,9,19-20H,5-8,11H2,1-2H3. The Balaban J connectivity index is 2.01. The molecule has 0 spiro atoms. The van der Waals surface area contributed by atoms with E-state index in [9.17, 15) is 5.11 Å². The Bertz CT molecular complexity index is 524. The number of hydrogen-bond acceptors (Lipinski definition) is 3. The van der Waals surface area contributed by atoms with E-state index in [2.05, 4.69) is 25.2 Å². The molecular weight excluding hydrogens is 272 g/mol. The number of aliphatic hydroxyl groups is 1. The lowest BCUT2D eigenvalue weighted by molar-refractivity contribution is -0.0145. The monoisotopic (exact) mass is 292 g/mol. The molecule has 1 aliphatic carbocycles. The number of anilines is 1. The first-order chi connectivity index (χ1) is 9.34. The lowest BCUT2D eigenvalue weighted by atomic mass is 9.71. The molecule has 0 saturated heterocycles. The molecule has 1 saturated carbocycles. The maximum atomic E-state index is 10.6. The van der Waals surface area contributed by atoms with E-state index in [0.717, 1.165) is 31.4 Å². The van der Waals surface area contributed by atoms with Crippen LogP contribution in [0.25, 0.3) is 0 Å². The van der Waals surface area contributed by atoms with Crippen LogP contribution in [0, 0.1) is 16.7 Å². The second kappa shape index (κ2) is 5.63. The van der Waals surface area contributed by atoms with Crippen LogP contribution in [-0.4, -0.2) is 17.3 Å². The van der Waals surface area contributed by atoms with Gasteiger partial charge in [0.1, 0.15) is 6.07 Å². The number of hydrogen-bond donors (Lipinski definition) is 2. The Kier molecular flexibility index (Phi) is 4.27. The zero-order valence-electron chi connectivity index (χ0n) is 12.0. The molecule has 1 aliphatic rings. The van der Waals surface area contributed by atoms with Gasteiger partial charge in [-0.2, -0.15) is 5.26 Å². The number of rotatable bonds is 3. The van der Waals surface area contributed by atoms with Gasteiger partial charge in [-0.1, -0.05) is 25.4 Å². The summed E-state index contributed by atoms with van der Waals surface area (Å²) in [5, 5.41) is 23.5. The minimum Gasteiger partial charge on any atom is -0.388 e. The molecule has 1 aromatic rings. The Morgan fingerprint density at radius 1 is 1.30 bits per heavy atom. The molecule has 0 bridgehead atoms. The summed E-state index contributed by atoms with van der Waals surface area (Å²) < 4.78 is 0. The lowest BCUT2D eigenvalue weighted by Crippen LogP contribution is -2.42. The highest BCUT2D eigenvalue weighted by molar-refractivity contribution is 6.30. The molecule has 1 fully saturated rings. The first kappa shape index (κ1) is 15.2. The minimum atomic E-state index is -0.679. The molecule has 2 N–H and O–H groups in total. The summed E-state index contributed by atoms with van der Waals surface area (Å²) in [6, 6.07) is 7.30. The third-order valence-corrected chi connectivity index (χ3v) is 4.48. The molecule has 4 heteroatoms. The van der Waals surface area contributed by atoms with Crippen molar-refractivity contribution in [2.24, 2.45) is 5.41 Å². The average molecular weight is 293 g/mol. The maximum Gasteiger partial charge on any atom is 0.101 e. The highest BCUT2D eigenvalue weighted by Gasteiger charge is 2.36. The van der Waals surface area contributed by atoms with Gasteiger partial charge in [-0.25, -0.2) is 0 Å². The van der Waals surface area contributed by atoms with Gasteiger partial charge in [0, 0.05) is 11.6 Å². The van der Waals surface area contributed by atoms with Crippen molar-refractivity contribution < 1.29 is 5.11 Å². The summed E-state index contributed by atoms with van der Waals surface area (Å²) in [6.45, 7) is 4.96. The Hall–Kier alpha value is -1.24. The minimum absolute atomic E-state index is 0.324. The molecule has 0 unspecified atom stereocenters. The fourth-order valence-electron chi connectivity index (χ4n) is 2.59. The normalized spacial score (nSPS) is 20.1. The van der Waals surface area contributed by atoms with Gasteiger partial charge in [-0.15, -0.1) is 0 Å². The summed E-state index contributed by atoms with van der Waals surface area (Å²) in [6.07, 6.45) is 3.64. The van der Waals surface area contributed by atoms with Gasteiger partial charge in [0.05, 0.1) is 16.9 Å². The molecule has 0 atom stereocenters. The van der Waals surface area contributed by atoms with E-state index in [1.54, 1.807) is 18.2 Å². The molecule has 108 valence electrons. The van der Waals surface area contributed by atoms with Crippen molar-refractivity contribution in [1.82, 2.24) is 0 Å². The van der Waals surface area contributed by atoms with Crippen molar-refractivity contribution >= 4 is 17.3 Å².